The second kappa shape index (κ2) is 10.8. The van der Waals surface area contributed by atoms with Crippen molar-refractivity contribution < 1.29 is 23.5 Å². The van der Waals surface area contributed by atoms with Crippen molar-refractivity contribution >= 4 is 46.6 Å². The van der Waals surface area contributed by atoms with Gasteiger partial charge in [0.15, 0.2) is 23.2 Å². The fourth-order valence-electron chi connectivity index (χ4n) is 3.39. The third-order valence-corrected chi connectivity index (χ3v) is 5.24. The second-order valence-electron chi connectivity index (χ2n) is 7.45. The van der Waals surface area contributed by atoms with Crippen LogP contribution in [0, 0.1) is 5.82 Å². The normalized spacial score (nSPS) is 14.1. The summed E-state index contributed by atoms with van der Waals surface area (Å²) in [6.07, 6.45) is 1.63. The van der Waals surface area contributed by atoms with E-state index in [1.165, 1.54) is 29.2 Å². The first-order chi connectivity index (χ1) is 16.9. The standard InChI is InChI=1S/C26H22FN3O4S/c1-2-33-23-15-17(8-13-22(23)34-16-24(31)28-19-6-4-3-5-7-19)14-21-25(32)30(26(35)29-21)20-11-9-18(27)10-12-20/h3-15H,2,16H2,1H3,(H,28,31)(H,29,35)/b21-14+. The van der Waals surface area contributed by atoms with Crippen LogP contribution >= 0.6 is 12.2 Å². The van der Waals surface area contributed by atoms with Crippen LogP contribution in [0.15, 0.2) is 78.5 Å². The first-order valence-electron chi connectivity index (χ1n) is 10.8. The van der Waals surface area contributed by atoms with Crippen molar-refractivity contribution in [1.29, 1.82) is 0 Å². The number of hydrogen-bond donors (Lipinski definition) is 2. The molecule has 1 saturated heterocycles. The van der Waals surface area contributed by atoms with Crippen LogP contribution < -0.4 is 25.0 Å². The monoisotopic (exact) mass is 491 g/mol. The van der Waals surface area contributed by atoms with E-state index in [-0.39, 0.29) is 29.2 Å². The molecule has 2 N–H and O–H groups in total. The van der Waals surface area contributed by atoms with Crippen molar-refractivity contribution in [2.75, 3.05) is 23.4 Å². The largest absolute Gasteiger partial charge is 0.490 e. The number of amides is 2. The minimum atomic E-state index is -0.404. The van der Waals surface area contributed by atoms with Crippen LogP contribution in [0.25, 0.3) is 6.08 Å². The van der Waals surface area contributed by atoms with Crippen LogP contribution in [0.3, 0.4) is 0 Å². The minimum Gasteiger partial charge on any atom is -0.490 e. The Morgan fingerprint density at radius 1 is 1.06 bits per heavy atom. The fourth-order valence-corrected chi connectivity index (χ4v) is 3.69. The fraction of sp³-hybridized carbons (Fsp3) is 0.115. The zero-order valence-electron chi connectivity index (χ0n) is 18.8. The average molecular weight is 492 g/mol. The van der Waals surface area contributed by atoms with Crippen molar-refractivity contribution in [3.63, 3.8) is 0 Å². The van der Waals surface area contributed by atoms with Crippen LogP contribution in [0.1, 0.15) is 12.5 Å². The van der Waals surface area contributed by atoms with E-state index in [0.29, 0.717) is 35.0 Å². The van der Waals surface area contributed by atoms with Gasteiger partial charge < -0.3 is 20.1 Å². The first-order valence-corrected chi connectivity index (χ1v) is 11.2. The maximum absolute atomic E-state index is 13.3. The molecule has 7 nitrogen and oxygen atoms in total. The Hall–Kier alpha value is -4.24. The summed E-state index contributed by atoms with van der Waals surface area (Å²) in [7, 11) is 0. The summed E-state index contributed by atoms with van der Waals surface area (Å²) >= 11 is 5.30. The zero-order valence-corrected chi connectivity index (χ0v) is 19.6. The highest BCUT2D eigenvalue weighted by Crippen LogP contribution is 2.30. The van der Waals surface area contributed by atoms with E-state index in [4.69, 9.17) is 21.7 Å². The van der Waals surface area contributed by atoms with E-state index in [1.54, 1.807) is 36.4 Å². The van der Waals surface area contributed by atoms with Gasteiger partial charge in [0.1, 0.15) is 11.5 Å². The van der Waals surface area contributed by atoms with Crippen molar-refractivity contribution in [1.82, 2.24) is 5.32 Å². The topological polar surface area (TPSA) is 79.9 Å². The number of carbonyl (C=O) groups is 2. The molecule has 2 amide bonds. The highest BCUT2D eigenvalue weighted by molar-refractivity contribution is 7.80. The van der Waals surface area contributed by atoms with E-state index in [1.807, 2.05) is 25.1 Å². The lowest BCUT2D eigenvalue weighted by atomic mass is 10.1. The molecule has 0 spiro atoms. The number of anilines is 2. The van der Waals surface area contributed by atoms with Gasteiger partial charge in [0.25, 0.3) is 11.8 Å². The van der Waals surface area contributed by atoms with E-state index in [2.05, 4.69) is 10.6 Å². The van der Waals surface area contributed by atoms with Crippen LogP contribution in [0.4, 0.5) is 15.8 Å². The van der Waals surface area contributed by atoms with Gasteiger partial charge in [-0.25, -0.2) is 4.39 Å². The number of thiocarbonyl (C=S) groups is 1. The number of hydrogen-bond acceptors (Lipinski definition) is 5. The smallest absolute Gasteiger partial charge is 0.281 e. The summed E-state index contributed by atoms with van der Waals surface area (Å²) < 4.78 is 24.6. The molecule has 4 rings (SSSR count). The predicted octanol–water partition coefficient (Wildman–Crippen LogP) is 4.50. The molecule has 3 aromatic rings. The summed E-state index contributed by atoms with van der Waals surface area (Å²) in [6.45, 7) is 2.01. The summed E-state index contributed by atoms with van der Waals surface area (Å²) in [6, 6.07) is 19.7. The number of nitrogens with one attached hydrogen (secondary N) is 2. The number of halogens is 1. The third kappa shape index (κ3) is 5.82. The number of nitrogens with zero attached hydrogens (tertiary/aromatic N) is 1. The van der Waals surface area contributed by atoms with Gasteiger partial charge in [-0.2, -0.15) is 0 Å². The Morgan fingerprint density at radius 3 is 2.51 bits per heavy atom. The Bertz CT molecular complexity index is 1280. The van der Waals surface area contributed by atoms with Crippen molar-refractivity contribution in [2.24, 2.45) is 0 Å². The van der Waals surface area contributed by atoms with Gasteiger partial charge in [0.05, 0.1) is 12.3 Å². The van der Waals surface area contributed by atoms with E-state index < -0.39 is 5.82 Å². The van der Waals surface area contributed by atoms with Gasteiger partial charge in [0, 0.05) is 5.69 Å². The average Bonchev–Trinajstić information content (AvgIpc) is 3.12. The lowest BCUT2D eigenvalue weighted by Crippen LogP contribution is -2.30. The van der Waals surface area contributed by atoms with Gasteiger partial charge in [0.2, 0.25) is 0 Å². The molecule has 1 aliphatic heterocycles. The number of rotatable bonds is 8. The van der Waals surface area contributed by atoms with Gasteiger partial charge in [-0.05, 0) is 79.3 Å². The highest BCUT2D eigenvalue weighted by Gasteiger charge is 2.32. The third-order valence-electron chi connectivity index (χ3n) is 4.96. The minimum absolute atomic E-state index is 0.197. The molecule has 9 heteroatoms. The molecule has 1 aliphatic rings. The lowest BCUT2D eigenvalue weighted by molar-refractivity contribution is -0.118. The van der Waals surface area contributed by atoms with Crippen molar-refractivity contribution in [3.8, 4) is 11.5 Å². The summed E-state index contributed by atoms with van der Waals surface area (Å²) in [5.41, 5.74) is 2.06. The van der Waals surface area contributed by atoms with Crippen LogP contribution in [0.2, 0.25) is 0 Å². The first kappa shape index (κ1) is 23.9. The number of carbonyl (C=O) groups excluding carboxylic acids is 2. The molecule has 0 unspecified atom stereocenters. The molecule has 3 aromatic carbocycles. The molecule has 178 valence electrons. The molecule has 0 atom stereocenters. The number of benzene rings is 3. The highest BCUT2D eigenvalue weighted by atomic mass is 32.1. The molecular formula is C26H22FN3O4S. The van der Waals surface area contributed by atoms with E-state index in [9.17, 15) is 14.0 Å². The van der Waals surface area contributed by atoms with Crippen LogP contribution in [0.5, 0.6) is 11.5 Å². The summed E-state index contributed by atoms with van der Waals surface area (Å²) in [4.78, 5) is 26.4. The Labute approximate surface area is 207 Å². The summed E-state index contributed by atoms with van der Waals surface area (Å²) in [5, 5.41) is 5.85. The Morgan fingerprint density at radius 2 is 1.80 bits per heavy atom. The van der Waals surface area contributed by atoms with Gasteiger partial charge in [-0.3, -0.25) is 14.5 Å². The summed E-state index contributed by atoms with van der Waals surface area (Å²) in [5.74, 6) is -0.250. The van der Waals surface area contributed by atoms with E-state index >= 15 is 0 Å². The lowest BCUT2D eigenvalue weighted by Gasteiger charge is -2.13. The number of ether oxygens (including phenoxy) is 2. The molecule has 0 radical (unpaired) electrons. The Kier molecular flexibility index (Phi) is 7.37. The molecular weight excluding hydrogens is 469 g/mol. The molecule has 0 aliphatic carbocycles. The molecule has 1 heterocycles. The van der Waals surface area contributed by atoms with Gasteiger partial charge >= 0.3 is 0 Å². The zero-order chi connectivity index (χ0) is 24.8. The van der Waals surface area contributed by atoms with Crippen molar-refractivity contribution in [2.45, 2.75) is 6.92 Å². The molecule has 0 aromatic heterocycles. The predicted molar refractivity (Wildman–Crippen MR) is 136 cm³/mol. The molecule has 1 fully saturated rings. The van der Waals surface area contributed by atoms with Gasteiger partial charge in [-0.15, -0.1) is 0 Å². The maximum atomic E-state index is 13.3. The van der Waals surface area contributed by atoms with Crippen molar-refractivity contribution in [3.05, 3.63) is 89.9 Å². The second-order valence-corrected chi connectivity index (χ2v) is 7.83. The molecule has 0 bridgehead atoms. The Balaban J connectivity index is 1.48. The quantitative estimate of drug-likeness (QED) is 0.357. The maximum Gasteiger partial charge on any atom is 0.281 e. The molecule has 0 saturated carbocycles. The molecule has 35 heavy (non-hydrogen) atoms. The van der Waals surface area contributed by atoms with Crippen LogP contribution in [-0.2, 0) is 9.59 Å². The van der Waals surface area contributed by atoms with Crippen LogP contribution in [-0.4, -0.2) is 30.1 Å². The van der Waals surface area contributed by atoms with E-state index in [0.717, 1.165) is 0 Å². The van der Waals surface area contributed by atoms with Gasteiger partial charge in [-0.1, -0.05) is 24.3 Å². The number of para-hydroxylation sites is 1. The SMILES string of the molecule is CCOc1cc(/C=C2/NC(=S)N(c3ccc(F)cc3)C2=O)ccc1OCC(=O)Nc1ccccc1.